The highest BCUT2D eigenvalue weighted by atomic mass is 16.7. The summed E-state index contributed by atoms with van der Waals surface area (Å²) in [6.07, 6.45) is -1.41. The summed E-state index contributed by atoms with van der Waals surface area (Å²) in [6.45, 7) is 1.11. The predicted molar refractivity (Wildman–Crippen MR) is 122 cm³/mol. The summed E-state index contributed by atoms with van der Waals surface area (Å²) >= 11 is 0. The number of amides is 1. The molecule has 1 amide bonds. The number of hydrogen-bond acceptors (Lipinski definition) is 5. The van der Waals surface area contributed by atoms with Gasteiger partial charge in [-0.2, -0.15) is 0 Å². The van der Waals surface area contributed by atoms with Gasteiger partial charge in [0.15, 0.2) is 12.4 Å². The third-order valence-electron chi connectivity index (χ3n) is 6.89. The quantitative estimate of drug-likeness (QED) is 0.600. The van der Waals surface area contributed by atoms with Crippen LogP contribution in [0, 0.1) is 0 Å². The van der Waals surface area contributed by atoms with Crippen molar-refractivity contribution in [1.82, 2.24) is 9.80 Å². The van der Waals surface area contributed by atoms with Crippen LogP contribution in [0.2, 0.25) is 0 Å². The van der Waals surface area contributed by atoms with Crippen LogP contribution in [0.15, 0.2) is 84.9 Å². The highest BCUT2D eigenvalue weighted by Gasteiger charge is 2.61. The Balaban J connectivity index is 1.42. The summed E-state index contributed by atoms with van der Waals surface area (Å²) in [5, 5.41) is 0. The van der Waals surface area contributed by atoms with Gasteiger partial charge in [0.1, 0.15) is 11.9 Å². The maximum atomic E-state index is 13.8. The van der Waals surface area contributed by atoms with E-state index in [0.717, 1.165) is 16.9 Å². The lowest BCUT2D eigenvalue weighted by Gasteiger charge is -2.62. The molecule has 33 heavy (non-hydrogen) atoms. The normalized spacial score (nSPS) is 28.7. The average Bonchev–Trinajstić information content (AvgIpc) is 2.88. The van der Waals surface area contributed by atoms with E-state index in [-0.39, 0.29) is 24.2 Å². The molecule has 4 aliphatic heterocycles. The molecule has 0 aromatic heterocycles. The molecule has 4 bridgehead atoms. The molecule has 0 N–H and O–H groups in total. The zero-order valence-corrected chi connectivity index (χ0v) is 18.4. The van der Waals surface area contributed by atoms with E-state index in [1.165, 1.54) is 5.56 Å². The van der Waals surface area contributed by atoms with Crippen molar-refractivity contribution in [3.05, 3.63) is 102 Å². The van der Waals surface area contributed by atoms with E-state index in [1.807, 2.05) is 65.6 Å². The van der Waals surface area contributed by atoms with E-state index in [0.29, 0.717) is 13.2 Å². The second-order valence-electron chi connectivity index (χ2n) is 8.72. The molecule has 6 nitrogen and oxygen atoms in total. The number of nitrogens with zero attached hydrogens (tertiary/aromatic N) is 2. The fraction of sp³-hybridized carbons (Fsp3) is 0.296. The third-order valence-corrected chi connectivity index (χ3v) is 6.89. The van der Waals surface area contributed by atoms with Crippen LogP contribution in [0.25, 0.3) is 0 Å². The number of methoxy groups -OCH3 is 1. The summed E-state index contributed by atoms with van der Waals surface area (Å²) in [4.78, 5) is 18.1. The lowest BCUT2D eigenvalue weighted by atomic mass is 9.88. The fourth-order valence-corrected chi connectivity index (χ4v) is 5.36. The average molecular weight is 443 g/mol. The molecule has 0 radical (unpaired) electrons. The van der Waals surface area contributed by atoms with Crippen LogP contribution in [-0.2, 0) is 20.8 Å². The van der Waals surface area contributed by atoms with Gasteiger partial charge in [-0.1, -0.05) is 72.8 Å². The van der Waals surface area contributed by atoms with Crippen molar-refractivity contribution in [3.8, 4) is 5.75 Å². The summed E-state index contributed by atoms with van der Waals surface area (Å²) < 4.78 is 17.8. The van der Waals surface area contributed by atoms with Crippen molar-refractivity contribution < 1.29 is 19.0 Å². The lowest BCUT2D eigenvalue weighted by Crippen LogP contribution is -2.76. The lowest BCUT2D eigenvalue weighted by molar-refractivity contribution is -0.339. The maximum Gasteiger partial charge on any atom is 0.255 e. The largest absolute Gasteiger partial charge is 0.497 e. The van der Waals surface area contributed by atoms with Crippen LogP contribution in [0.5, 0.6) is 5.75 Å². The zero-order valence-electron chi connectivity index (χ0n) is 18.4. The van der Waals surface area contributed by atoms with Gasteiger partial charge in [-0.15, -0.1) is 0 Å². The molecule has 0 saturated carbocycles. The Morgan fingerprint density at radius 1 is 0.909 bits per heavy atom. The summed E-state index contributed by atoms with van der Waals surface area (Å²) in [5.41, 5.74) is 3.30. The molecule has 3 aromatic carbocycles. The number of morpholine rings is 3. The van der Waals surface area contributed by atoms with Gasteiger partial charge in [0.2, 0.25) is 0 Å². The third kappa shape index (κ3) is 3.42. The highest BCUT2D eigenvalue weighted by Crippen LogP contribution is 2.48. The molecule has 3 aromatic rings. The van der Waals surface area contributed by atoms with Crippen LogP contribution in [0.1, 0.15) is 28.8 Å². The molecule has 4 aliphatic rings. The number of fused-ring (bicyclic) bond motifs is 1. The first-order chi connectivity index (χ1) is 16.2. The van der Waals surface area contributed by atoms with Crippen LogP contribution < -0.4 is 4.74 Å². The zero-order chi connectivity index (χ0) is 22.4. The SMILES string of the molecule is COc1ccc([C@@H]2[C@@H]3O[C@H]4OC[C@@H](c5ccccc5)N(C3=O)C4N2Cc2ccccc2)cc1. The maximum absolute atomic E-state index is 13.8. The van der Waals surface area contributed by atoms with E-state index in [4.69, 9.17) is 14.2 Å². The van der Waals surface area contributed by atoms with Crippen LogP contribution in [0.3, 0.4) is 0 Å². The van der Waals surface area contributed by atoms with Gasteiger partial charge >= 0.3 is 0 Å². The van der Waals surface area contributed by atoms with Crippen molar-refractivity contribution in [2.24, 2.45) is 0 Å². The van der Waals surface area contributed by atoms with Gasteiger partial charge < -0.3 is 19.1 Å². The molecule has 6 heteroatoms. The molecule has 4 heterocycles. The van der Waals surface area contributed by atoms with Crippen molar-refractivity contribution in [3.63, 3.8) is 0 Å². The Morgan fingerprint density at radius 2 is 1.61 bits per heavy atom. The molecule has 168 valence electrons. The molecular formula is C27H26N2O4. The molecule has 1 unspecified atom stereocenters. The molecule has 0 spiro atoms. The Morgan fingerprint density at radius 3 is 2.30 bits per heavy atom. The smallest absolute Gasteiger partial charge is 0.255 e. The number of ether oxygens (including phenoxy) is 3. The van der Waals surface area contributed by atoms with Gasteiger partial charge in [0, 0.05) is 6.54 Å². The molecular weight excluding hydrogens is 416 g/mol. The Kier molecular flexibility index (Phi) is 5.14. The number of benzene rings is 3. The van der Waals surface area contributed by atoms with Gasteiger partial charge in [0.05, 0.1) is 25.8 Å². The van der Waals surface area contributed by atoms with Crippen molar-refractivity contribution in [1.29, 1.82) is 0 Å². The number of rotatable bonds is 5. The minimum absolute atomic E-state index is 0.0264. The molecule has 4 saturated heterocycles. The Hall–Kier alpha value is -3.19. The summed E-state index contributed by atoms with van der Waals surface area (Å²) in [5.74, 6) is 0.813. The first-order valence-electron chi connectivity index (χ1n) is 11.3. The van der Waals surface area contributed by atoms with E-state index in [9.17, 15) is 4.79 Å². The highest BCUT2D eigenvalue weighted by molar-refractivity contribution is 5.85. The molecule has 4 fully saturated rings. The second-order valence-corrected chi connectivity index (χ2v) is 8.72. The van der Waals surface area contributed by atoms with Crippen molar-refractivity contribution in [2.45, 2.75) is 37.2 Å². The van der Waals surface area contributed by atoms with E-state index in [2.05, 4.69) is 29.2 Å². The number of carbonyl (C=O) groups is 1. The van der Waals surface area contributed by atoms with E-state index < -0.39 is 12.4 Å². The second kappa shape index (κ2) is 8.30. The molecule has 0 aliphatic carbocycles. The predicted octanol–water partition coefficient (Wildman–Crippen LogP) is 3.90. The van der Waals surface area contributed by atoms with E-state index >= 15 is 0 Å². The molecule has 5 atom stereocenters. The minimum Gasteiger partial charge on any atom is -0.497 e. The van der Waals surface area contributed by atoms with E-state index in [1.54, 1.807) is 7.11 Å². The first-order valence-corrected chi connectivity index (χ1v) is 11.3. The monoisotopic (exact) mass is 442 g/mol. The van der Waals surface area contributed by atoms with Gasteiger partial charge in [0.25, 0.3) is 5.91 Å². The van der Waals surface area contributed by atoms with Gasteiger partial charge in [-0.05, 0) is 28.8 Å². The van der Waals surface area contributed by atoms with Crippen LogP contribution in [-0.4, -0.2) is 48.0 Å². The van der Waals surface area contributed by atoms with Gasteiger partial charge in [-0.25, -0.2) is 0 Å². The van der Waals surface area contributed by atoms with Crippen LogP contribution >= 0.6 is 0 Å². The Labute approximate surface area is 193 Å². The standard InChI is InChI=1S/C27H26N2O4/c1-31-21-14-12-20(13-15-21)23-24-26(30)29-22(19-10-6-3-7-11-19)17-32-27(33-24)25(29)28(23)16-18-8-4-2-5-9-18/h2-15,22-25,27H,16-17H2,1H3/t22-,23+,24-,25?,27+/m0/s1. The van der Waals surface area contributed by atoms with Gasteiger partial charge in [-0.3, -0.25) is 9.69 Å². The minimum atomic E-state index is -0.636. The van der Waals surface area contributed by atoms with Crippen LogP contribution in [0.4, 0.5) is 0 Å². The fourth-order valence-electron chi connectivity index (χ4n) is 5.36. The number of carbonyl (C=O) groups excluding carboxylic acids is 1. The Bertz CT molecular complexity index is 1120. The summed E-state index contributed by atoms with van der Waals surface area (Å²) in [6, 6.07) is 28.1. The summed E-state index contributed by atoms with van der Waals surface area (Å²) in [7, 11) is 1.65. The first kappa shape index (κ1) is 20.4. The number of hydrogen-bond donors (Lipinski definition) is 0. The van der Waals surface area contributed by atoms with Crippen molar-refractivity contribution >= 4 is 5.91 Å². The molecule has 7 rings (SSSR count). The topological polar surface area (TPSA) is 51.2 Å². The van der Waals surface area contributed by atoms with Crippen molar-refractivity contribution in [2.75, 3.05) is 13.7 Å².